The lowest BCUT2D eigenvalue weighted by atomic mass is 10.3. The minimum atomic E-state index is -0.436. The maximum atomic E-state index is 10.1. The van der Waals surface area contributed by atoms with Gasteiger partial charge in [0.15, 0.2) is 0 Å². The standard InChI is InChI=1S/C6H6N2O2.C2H6/c1-5-4-6(8(9)10)2-3-7-5;1-2/h2-4H,1H3;1-2H3. The lowest BCUT2D eigenvalue weighted by molar-refractivity contribution is -0.385. The van der Waals surface area contributed by atoms with Gasteiger partial charge in [0.1, 0.15) is 0 Å². The topological polar surface area (TPSA) is 56.0 Å². The molecule has 0 aliphatic heterocycles. The molecule has 0 spiro atoms. The van der Waals surface area contributed by atoms with Gasteiger partial charge in [-0.2, -0.15) is 0 Å². The largest absolute Gasteiger partial charge is 0.272 e. The fourth-order valence-corrected chi connectivity index (χ4v) is 0.644. The summed E-state index contributed by atoms with van der Waals surface area (Å²) in [6.07, 6.45) is 1.42. The molecule has 1 heterocycles. The highest BCUT2D eigenvalue weighted by atomic mass is 16.6. The molecule has 0 radical (unpaired) electrons. The predicted molar refractivity (Wildman–Crippen MR) is 47.0 cm³/mol. The minimum Gasteiger partial charge on any atom is -0.261 e. The molecule has 0 aliphatic rings. The molecule has 12 heavy (non-hydrogen) atoms. The average Bonchev–Trinajstić information content (AvgIpc) is 2.08. The Kier molecular flexibility index (Phi) is 4.60. The molecule has 1 aromatic heterocycles. The molecule has 0 aromatic carbocycles. The molecule has 0 N–H and O–H groups in total. The molecule has 0 bridgehead atoms. The summed E-state index contributed by atoms with van der Waals surface area (Å²) in [4.78, 5) is 13.5. The highest BCUT2D eigenvalue weighted by Gasteiger charge is 2.02. The summed E-state index contributed by atoms with van der Waals surface area (Å²) in [5.74, 6) is 0. The second-order valence-corrected chi connectivity index (χ2v) is 1.91. The quantitative estimate of drug-likeness (QED) is 0.477. The van der Waals surface area contributed by atoms with Crippen molar-refractivity contribution >= 4 is 5.69 Å². The van der Waals surface area contributed by atoms with Crippen molar-refractivity contribution in [3.05, 3.63) is 34.1 Å². The summed E-state index contributed by atoms with van der Waals surface area (Å²) < 4.78 is 0. The van der Waals surface area contributed by atoms with Crippen molar-refractivity contribution in [1.29, 1.82) is 0 Å². The van der Waals surface area contributed by atoms with E-state index >= 15 is 0 Å². The zero-order valence-corrected chi connectivity index (χ0v) is 7.44. The molecule has 1 aromatic rings. The number of nitro groups is 1. The Morgan fingerprint density at radius 3 is 2.42 bits per heavy atom. The lowest BCUT2D eigenvalue weighted by Gasteiger charge is -1.90. The molecular weight excluding hydrogens is 156 g/mol. The molecule has 1 rings (SSSR count). The third-order valence-corrected chi connectivity index (χ3v) is 1.09. The summed E-state index contributed by atoms with van der Waals surface area (Å²) in [6.45, 7) is 5.72. The first-order valence-corrected chi connectivity index (χ1v) is 3.77. The third kappa shape index (κ3) is 3.09. The van der Waals surface area contributed by atoms with Crippen molar-refractivity contribution in [3.8, 4) is 0 Å². The van der Waals surface area contributed by atoms with Gasteiger partial charge in [-0.15, -0.1) is 0 Å². The first-order valence-electron chi connectivity index (χ1n) is 3.77. The number of hydrogen-bond acceptors (Lipinski definition) is 3. The average molecular weight is 168 g/mol. The summed E-state index contributed by atoms with van der Waals surface area (Å²) >= 11 is 0. The van der Waals surface area contributed by atoms with E-state index < -0.39 is 4.92 Å². The van der Waals surface area contributed by atoms with E-state index in [4.69, 9.17) is 0 Å². The Balaban J connectivity index is 0.000000561. The first kappa shape index (κ1) is 10.6. The van der Waals surface area contributed by atoms with E-state index in [1.54, 1.807) is 6.92 Å². The van der Waals surface area contributed by atoms with Crippen LogP contribution in [-0.2, 0) is 0 Å². The zero-order valence-electron chi connectivity index (χ0n) is 7.44. The van der Waals surface area contributed by atoms with Crippen LogP contribution in [0.25, 0.3) is 0 Å². The van der Waals surface area contributed by atoms with E-state index in [1.165, 1.54) is 18.3 Å². The highest BCUT2D eigenvalue weighted by molar-refractivity contribution is 5.28. The van der Waals surface area contributed by atoms with E-state index in [0.717, 1.165) is 0 Å². The summed E-state index contributed by atoms with van der Waals surface area (Å²) in [5, 5.41) is 10.1. The molecular formula is C8H12N2O2. The van der Waals surface area contributed by atoms with Crippen LogP contribution >= 0.6 is 0 Å². The van der Waals surface area contributed by atoms with Crippen LogP contribution in [-0.4, -0.2) is 9.91 Å². The number of aromatic nitrogens is 1. The molecule has 0 saturated heterocycles. The van der Waals surface area contributed by atoms with Crippen LogP contribution in [0.3, 0.4) is 0 Å². The van der Waals surface area contributed by atoms with Crippen molar-refractivity contribution in [1.82, 2.24) is 4.98 Å². The maximum absolute atomic E-state index is 10.1. The van der Waals surface area contributed by atoms with Gasteiger partial charge in [-0.3, -0.25) is 15.1 Å². The van der Waals surface area contributed by atoms with Gasteiger partial charge in [0.2, 0.25) is 0 Å². The first-order chi connectivity index (χ1) is 5.70. The van der Waals surface area contributed by atoms with E-state index in [-0.39, 0.29) is 5.69 Å². The molecule has 66 valence electrons. The van der Waals surface area contributed by atoms with Gasteiger partial charge < -0.3 is 0 Å². The Morgan fingerprint density at radius 1 is 1.50 bits per heavy atom. The number of hydrogen-bond donors (Lipinski definition) is 0. The molecule has 4 heteroatoms. The fraction of sp³-hybridized carbons (Fsp3) is 0.375. The van der Waals surface area contributed by atoms with E-state index in [9.17, 15) is 10.1 Å². The lowest BCUT2D eigenvalue weighted by Crippen LogP contribution is -1.88. The molecule has 0 unspecified atom stereocenters. The van der Waals surface area contributed by atoms with Crippen LogP contribution in [0.5, 0.6) is 0 Å². The molecule has 0 atom stereocenters. The molecule has 0 saturated carbocycles. The smallest absolute Gasteiger partial charge is 0.261 e. The van der Waals surface area contributed by atoms with Gasteiger partial charge >= 0.3 is 0 Å². The van der Waals surface area contributed by atoms with Crippen LogP contribution in [0.15, 0.2) is 18.3 Å². The predicted octanol–water partition coefficient (Wildman–Crippen LogP) is 2.32. The summed E-state index contributed by atoms with van der Waals surface area (Å²) in [5.41, 5.74) is 0.752. The number of pyridine rings is 1. The molecule has 4 nitrogen and oxygen atoms in total. The Morgan fingerprint density at radius 2 is 2.08 bits per heavy atom. The molecule has 0 amide bonds. The third-order valence-electron chi connectivity index (χ3n) is 1.09. The minimum absolute atomic E-state index is 0.0903. The van der Waals surface area contributed by atoms with Gasteiger partial charge in [-0.05, 0) is 6.92 Å². The Hall–Kier alpha value is -1.45. The second-order valence-electron chi connectivity index (χ2n) is 1.91. The van der Waals surface area contributed by atoms with Crippen molar-refractivity contribution < 1.29 is 4.92 Å². The van der Waals surface area contributed by atoms with Gasteiger partial charge in [0.05, 0.1) is 4.92 Å². The van der Waals surface area contributed by atoms with Crippen LogP contribution in [0.1, 0.15) is 19.5 Å². The summed E-state index contributed by atoms with van der Waals surface area (Å²) in [6, 6.07) is 2.80. The van der Waals surface area contributed by atoms with Crippen LogP contribution in [0.2, 0.25) is 0 Å². The highest BCUT2D eigenvalue weighted by Crippen LogP contribution is 2.08. The monoisotopic (exact) mass is 168 g/mol. The second kappa shape index (κ2) is 5.23. The van der Waals surface area contributed by atoms with Crippen molar-refractivity contribution in [2.45, 2.75) is 20.8 Å². The van der Waals surface area contributed by atoms with Gasteiger partial charge in [0, 0.05) is 24.0 Å². The van der Waals surface area contributed by atoms with Crippen LogP contribution in [0, 0.1) is 17.0 Å². The SMILES string of the molecule is CC.Cc1cc([N+](=O)[O-])ccn1. The Labute approximate surface area is 71.4 Å². The van der Waals surface area contributed by atoms with Gasteiger partial charge in [0.25, 0.3) is 5.69 Å². The van der Waals surface area contributed by atoms with Crippen molar-refractivity contribution in [2.24, 2.45) is 0 Å². The maximum Gasteiger partial charge on any atom is 0.272 e. The fourth-order valence-electron chi connectivity index (χ4n) is 0.644. The van der Waals surface area contributed by atoms with E-state index in [2.05, 4.69) is 4.98 Å². The van der Waals surface area contributed by atoms with Gasteiger partial charge in [-0.1, -0.05) is 13.8 Å². The molecule has 0 fully saturated rings. The Bertz CT molecular complexity index is 261. The van der Waals surface area contributed by atoms with E-state index in [1.807, 2.05) is 13.8 Å². The van der Waals surface area contributed by atoms with E-state index in [0.29, 0.717) is 5.69 Å². The summed E-state index contributed by atoms with van der Waals surface area (Å²) in [7, 11) is 0. The number of rotatable bonds is 1. The zero-order chi connectivity index (χ0) is 9.56. The number of aryl methyl sites for hydroxylation is 1. The normalized spacial score (nSPS) is 8.25. The number of nitrogens with zero attached hydrogens (tertiary/aromatic N) is 2. The van der Waals surface area contributed by atoms with Crippen molar-refractivity contribution in [3.63, 3.8) is 0 Å². The van der Waals surface area contributed by atoms with Gasteiger partial charge in [-0.25, -0.2) is 0 Å². The van der Waals surface area contributed by atoms with Crippen LogP contribution in [0.4, 0.5) is 5.69 Å². The van der Waals surface area contributed by atoms with Crippen LogP contribution < -0.4 is 0 Å². The van der Waals surface area contributed by atoms with Crippen molar-refractivity contribution in [2.75, 3.05) is 0 Å². The molecule has 0 aliphatic carbocycles.